The average molecular weight is 349 g/mol. The second kappa shape index (κ2) is 6.32. The number of furan rings is 1. The summed E-state index contributed by atoms with van der Waals surface area (Å²) in [6.07, 6.45) is 1.17. The maximum absolute atomic E-state index is 13.0. The number of anilines is 1. The van der Waals surface area contributed by atoms with E-state index in [0.29, 0.717) is 29.9 Å². The maximum atomic E-state index is 13.0. The number of fused-ring (bicyclic) bond motifs is 1. The van der Waals surface area contributed by atoms with E-state index in [1.165, 1.54) is 10.4 Å². The van der Waals surface area contributed by atoms with E-state index in [1.54, 1.807) is 30.3 Å². The first-order valence-electron chi connectivity index (χ1n) is 7.85. The van der Waals surface area contributed by atoms with Crippen molar-refractivity contribution in [3.05, 3.63) is 47.7 Å². The van der Waals surface area contributed by atoms with Crippen LogP contribution in [0.4, 0.5) is 5.69 Å². The monoisotopic (exact) mass is 349 g/mol. The zero-order valence-corrected chi connectivity index (χ0v) is 14.1. The molecule has 6 nitrogen and oxygen atoms in total. The van der Waals surface area contributed by atoms with E-state index in [-0.39, 0.29) is 18.1 Å². The molecule has 3 rings (SSSR count). The highest BCUT2D eigenvalue weighted by Gasteiger charge is 2.34. The highest BCUT2D eigenvalue weighted by molar-refractivity contribution is 7.92. The lowest BCUT2D eigenvalue weighted by Gasteiger charge is -2.23. The zero-order valence-electron chi connectivity index (χ0n) is 13.3. The van der Waals surface area contributed by atoms with Gasteiger partial charge in [-0.3, -0.25) is 9.10 Å². The van der Waals surface area contributed by atoms with E-state index >= 15 is 0 Å². The third-order valence-electron chi connectivity index (χ3n) is 4.29. The third kappa shape index (κ3) is 2.91. The van der Waals surface area contributed by atoms with Gasteiger partial charge in [-0.05, 0) is 36.6 Å². The fourth-order valence-electron chi connectivity index (χ4n) is 2.94. The van der Waals surface area contributed by atoms with E-state index in [9.17, 15) is 18.3 Å². The zero-order chi connectivity index (χ0) is 17.3. The van der Waals surface area contributed by atoms with E-state index < -0.39 is 21.9 Å². The fraction of sp³-hybridized carbons (Fsp3) is 0.353. The number of para-hydroxylation sites is 1. The number of nitrogens with zero attached hydrogens (tertiary/aromatic N) is 1. The molecule has 2 aromatic rings. The largest absolute Gasteiger partial charge is 0.481 e. The molecule has 0 spiro atoms. The van der Waals surface area contributed by atoms with Gasteiger partial charge in [-0.15, -0.1) is 0 Å². The molecule has 1 aliphatic rings. The van der Waals surface area contributed by atoms with Crippen molar-refractivity contribution < 1.29 is 22.7 Å². The molecule has 0 aliphatic carbocycles. The van der Waals surface area contributed by atoms with Crippen LogP contribution in [0.25, 0.3) is 0 Å². The van der Waals surface area contributed by atoms with Gasteiger partial charge in [0.05, 0.1) is 11.6 Å². The van der Waals surface area contributed by atoms with Gasteiger partial charge < -0.3 is 9.52 Å². The predicted octanol–water partition coefficient (Wildman–Crippen LogP) is 2.68. The lowest BCUT2D eigenvalue weighted by atomic mass is 9.97. The molecule has 1 aromatic carbocycles. The SMILES string of the molecule is CCc1ccc(S(=O)(=O)N2CCC(C(=O)O)Cc3ccccc32)o1. The van der Waals surface area contributed by atoms with Crippen LogP contribution in [-0.4, -0.2) is 26.0 Å². The Kier molecular flexibility index (Phi) is 4.36. The first kappa shape index (κ1) is 16.6. The number of aliphatic carboxylic acids is 1. The van der Waals surface area contributed by atoms with Crippen molar-refractivity contribution in [1.29, 1.82) is 0 Å². The molecule has 128 valence electrons. The first-order chi connectivity index (χ1) is 11.4. The summed E-state index contributed by atoms with van der Waals surface area (Å²) in [5, 5.41) is 9.24. The lowest BCUT2D eigenvalue weighted by Crippen LogP contribution is -2.32. The van der Waals surface area contributed by atoms with Crippen LogP contribution in [0, 0.1) is 5.92 Å². The summed E-state index contributed by atoms with van der Waals surface area (Å²) in [6, 6.07) is 10.1. The molecule has 7 heteroatoms. The van der Waals surface area contributed by atoms with E-state index in [4.69, 9.17) is 4.42 Å². The van der Waals surface area contributed by atoms with Crippen LogP contribution in [0.1, 0.15) is 24.7 Å². The number of carboxylic acid groups (broad SMARTS) is 1. The van der Waals surface area contributed by atoms with Crippen molar-refractivity contribution in [3.8, 4) is 0 Å². The Morgan fingerprint density at radius 2 is 2.04 bits per heavy atom. The molecule has 0 fully saturated rings. The molecule has 0 saturated carbocycles. The molecule has 0 radical (unpaired) electrons. The molecule has 0 amide bonds. The quantitative estimate of drug-likeness (QED) is 0.917. The fourth-order valence-corrected chi connectivity index (χ4v) is 4.40. The summed E-state index contributed by atoms with van der Waals surface area (Å²) in [5.41, 5.74) is 1.24. The Morgan fingerprint density at radius 3 is 2.71 bits per heavy atom. The van der Waals surface area contributed by atoms with Gasteiger partial charge in [-0.2, -0.15) is 8.42 Å². The van der Waals surface area contributed by atoms with Crippen molar-refractivity contribution in [2.24, 2.45) is 5.92 Å². The number of carboxylic acids is 1. The summed E-state index contributed by atoms with van der Waals surface area (Å²) in [6.45, 7) is 1.99. The van der Waals surface area contributed by atoms with Crippen molar-refractivity contribution in [1.82, 2.24) is 0 Å². The number of rotatable bonds is 4. The van der Waals surface area contributed by atoms with Crippen LogP contribution in [0.2, 0.25) is 0 Å². The van der Waals surface area contributed by atoms with Gasteiger partial charge in [0.25, 0.3) is 10.0 Å². The molecule has 1 aromatic heterocycles. The third-order valence-corrected chi connectivity index (χ3v) is 5.97. The Hall–Kier alpha value is -2.28. The van der Waals surface area contributed by atoms with Crippen molar-refractivity contribution in [3.63, 3.8) is 0 Å². The van der Waals surface area contributed by atoms with Gasteiger partial charge in [-0.25, -0.2) is 0 Å². The van der Waals surface area contributed by atoms with Gasteiger partial charge in [0.2, 0.25) is 5.09 Å². The van der Waals surface area contributed by atoms with Gasteiger partial charge in [0, 0.05) is 13.0 Å². The molecule has 0 saturated heterocycles. The van der Waals surface area contributed by atoms with Gasteiger partial charge in [-0.1, -0.05) is 25.1 Å². The minimum absolute atomic E-state index is 0.108. The molecular formula is C17H19NO5S. The van der Waals surface area contributed by atoms with E-state index in [2.05, 4.69) is 0 Å². The van der Waals surface area contributed by atoms with E-state index in [0.717, 1.165) is 0 Å². The van der Waals surface area contributed by atoms with Gasteiger partial charge in [0.15, 0.2) is 0 Å². The van der Waals surface area contributed by atoms with Crippen LogP contribution in [0.5, 0.6) is 0 Å². The second-order valence-electron chi connectivity index (χ2n) is 5.81. The summed E-state index contributed by atoms with van der Waals surface area (Å²) >= 11 is 0. The molecule has 1 N–H and O–H groups in total. The highest BCUT2D eigenvalue weighted by atomic mass is 32.2. The van der Waals surface area contributed by atoms with Crippen LogP contribution >= 0.6 is 0 Å². The molecule has 1 unspecified atom stereocenters. The maximum Gasteiger partial charge on any atom is 0.306 e. The minimum Gasteiger partial charge on any atom is -0.481 e. The standard InChI is InChI=1S/C17H19NO5S/c1-2-14-7-8-16(23-14)24(21,22)18-10-9-13(17(19)20)11-12-5-3-4-6-15(12)18/h3-8,13H,2,9-11H2,1H3,(H,19,20). The molecule has 0 bridgehead atoms. The van der Waals surface area contributed by atoms with E-state index in [1.807, 2.05) is 6.92 Å². The van der Waals surface area contributed by atoms with Crippen LogP contribution < -0.4 is 4.31 Å². The molecule has 24 heavy (non-hydrogen) atoms. The summed E-state index contributed by atoms with van der Waals surface area (Å²) < 4.78 is 32.7. The molecule has 1 atom stereocenters. The topological polar surface area (TPSA) is 87.8 Å². The number of carbonyl (C=O) groups is 1. The Labute approximate surface area is 140 Å². The Bertz CT molecular complexity index is 855. The minimum atomic E-state index is -3.86. The summed E-state index contributed by atoms with van der Waals surface area (Å²) in [7, 11) is -3.86. The van der Waals surface area contributed by atoms with Gasteiger partial charge >= 0.3 is 5.97 Å². The van der Waals surface area contributed by atoms with Crippen LogP contribution in [-0.2, 0) is 27.7 Å². The second-order valence-corrected chi connectivity index (χ2v) is 7.60. The van der Waals surface area contributed by atoms with Crippen molar-refractivity contribution in [2.75, 3.05) is 10.8 Å². The van der Waals surface area contributed by atoms with Crippen molar-refractivity contribution in [2.45, 2.75) is 31.3 Å². The highest BCUT2D eigenvalue weighted by Crippen LogP contribution is 2.33. The Balaban J connectivity index is 2.05. The molecule has 2 heterocycles. The predicted molar refractivity (Wildman–Crippen MR) is 88.5 cm³/mol. The van der Waals surface area contributed by atoms with Crippen LogP contribution in [0.3, 0.4) is 0 Å². The number of hydrogen-bond acceptors (Lipinski definition) is 4. The number of benzene rings is 1. The first-order valence-corrected chi connectivity index (χ1v) is 9.29. The van der Waals surface area contributed by atoms with Crippen molar-refractivity contribution >= 4 is 21.7 Å². The number of sulfonamides is 1. The molecule has 1 aliphatic heterocycles. The Morgan fingerprint density at radius 1 is 1.29 bits per heavy atom. The summed E-state index contributed by atoms with van der Waals surface area (Å²) in [5.74, 6) is -0.912. The number of hydrogen-bond donors (Lipinski definition) is 1. The lowest BCUT2D eigenvalue weighted by molar-refractivity contribution is -0.141. The molecular weight excluding hydrogens is 330 g/mol. The van der Waals surface area contributed by atoms with Crippen LogP contribution in [0.15, 0.2) is 45.9 Å². The average Bonchev–Trinajstić information content (AvgIpc) is 2.96. The van der Waals surface area contributed by atoms with Gasteiger partial charge in [0.1, 0.15) is 5.76 Å². The summed E-state index contributed by atoms with van der Waals surface area (Å²) in [4.78, 5) is 11.4. The smallest absolute Gasteiger partial charge is 0.306 e. The normalized spacial score (nSPS) is 18.0. The number of aryl methyl sites for hydroxylation is 1.